The summed E-state index contributed by atoms with van der Waals surface area (Å²) in [6.45, 7) is 4.59. The average molecular weight is 271 g/mol. The van der Waals surface area contributed by atoms with Crippen LogP contribution in [-0.4, -0.2) is 23.2 Å². The van der Waals surface area contributed by atoms with Gasteiger partial charge in [0.05, 0.1) is 7.11 Å². The fourth-order valence-corrected chi connectivity index (χ4v) is 2.44. The van der Waals surface area contributed by atoms with Crippen molar-refractivity contribution in [3.8, 4) is 11.6 Å². The monoisotopic (exact) mass is 270 g/mol. The summed E-state index contributed by atoms with van der Waals surface area (Å²) in [5.41, 5.74) is 0.424. The Morgan fingerprint density at radius 2 is 1.94 bits per heavy atom. The predicted octanol–water partition coefficient (Wildman–Crippen LogP) is 3.49. The van der Waals surface area contributed by atoms with E-state index in [4.69, 9.17) is 21.1 Å². The molecule has 1 aliphatic rings. The van der Waals surface area contributed by atoms with E-state index in [9.17, 15) is 0 Å². The number of nitrogens with zero attached hydrogens (tertiary/aromatic N) is 2. The van der Waals surface area contributed by atoms with Gasteiger partial charge in [-0.2, -0.15) is 4.98 Å². The molecule has 18 heavy (non-hydrogen) atoms. The highest BCUT2D eigenvalue weighted by Crippen LogP contribution is 2.38. The molecule has 1 saturated carbocycles. The lowest BCUT2D eigenvalue weighted by Crippen LogP contribution is -2.28. The van der Waals surface area contributed by atoms with Gasteiger partial charge in [-0.3, -0.25) is 0 Å². The Kier molecular flexibility index (Phi) is 3.95. The minimum absolute atomic E-state index is 0.192. The van der Waals surface area contributed by atoms with Gasteiger partial charge in [0.25, 0.3) is 5.88 Å². The molecule has 1 aromatic rings. The third-order valence-corrected chi connectivity index (χ3v) is 3.77. The molecule has 0 spiro atoms. The lowest BCUT2D eigenvalue weighted by Gasteiger charge is -2.34. The molecule has 0 saturated heterocycles. The second-order valence-corrected chi connectivity index (χ2v) is 5.84. The molecule has 2 rings (SSSR count). The summed E-state index contributed by atoms with van der Waals surface area (Å²) in [6, 6.07) is 0. The Labute approximate surface area is 113 Å². The summed E-state index contributed by atoms with van der Waals surface area (Å²) in [4.78, 5) is 7.97. The minimum atomic E-state index is 0.192. The predicted molar refractivity (Wildman–Crippen MR) is 70.3 cm³/mol. The molecule has 0 aromatic carbocycles. The normalized spacial score (nSPS) is 19.6. The van der Waals surface area contributed by atoms with E-state index in [1.807, 2.05) is 0 Å². The number of aromatic nitrogens is 2. The fraction of sp³-hybridized carbons (Fsp3) is 0.692. The largest absolute Gasteiger partial charge is 0.489 e. The molecule has 1 heterocycles. The zero-order valence-electron chi connectivity index (χ0n) is 11.1. The van der Waals surface area contributed by atoms with E-state index < -0.39 is 0 Å². The first-order chi connectivity index (χ1) is 8.52. The molecule has 0 radical (unpaired) electrons. The number of hydrogen-bond acceptors (Lipinski definition) is 4. The van der Waals surface area contributed by atoms with E-state index in [1.54, 1.807) is 7.11 Å². The molecule has 0 amide bonds. The number of ether oxygens (including phenoxy) is 2. The van der Waals surface area contributed by atoms with Crippen LogP contribution in [0.25, 0.3) is 0 Å². The maximum atomic E-state index is 5.94. The van der Waals surface area contributed by atoms with Crippen molar-refractivity contribution in [2.24, 2.45) is 5.41 Å². The first-order valence-corrected chi connectivity index (χ1v) is 6.61. The van der Waals surface area contributed by atoms with Crippen LogP contribution in [0.4, 0.5) is 0 Å². The van der Waals surface area contributed by atoms with Crippen molar-refractivity contribution in [3.63, 3.8) is 0 Å². The van der Waals surface area contributed by atoms with Gasteiger partial charge in [-0.1, -0.05) is 25.4 Å². The van der Waals surface area contributed by atoms with Crippen LogP contribution in [-0.2, 0) is 0 Å². The van der Waals surface area contributed by atoms with Crippen LogP contribution >= 0.6 is 11.6 Å². The van der Waals surface area contributed by atoms with Crippen molar-refractivity contribution < 1.29 is 9.47 Å². The van der Waals surface area contributed by atoms with Crippen LogP contribution in [0.1, 0.15) is 39.5 Å². The highest BCUT2D eigenvalue weighted by Gasteiger charge is 2.28. The molecule has 4 nitrogen and oxygen atoms in total. The first kappa shape index (κ1) is 13.4. The Morgan fingerprint density at radius 1 is 1.28 bits per heavy atom. The zero-order chi connectivity index (χ0) is 13.2. The van der Waals surface area contributed by atoms with Crippen molar-refractivity contribution in [3.05, 3.63) is 11.5 Å². The molecule has 0 aliphatic heterocycles. The Balaban J connectivity index is 2.04. The van der Waals surface area contributed by atoms with E-state index in [2.05, 4.69) is 23.8 Å². The van der Waals surface area contributed by atoms with Crippen LogP contribution in [0, 0.1) is 5.41 Å². The molecule has 1 aromatic heterocycles. The highest BCUT2D eigenvalue weighted by atomic mass is 35.5. The second-order valence-electron chi connectivity index (χ2n) is 5.48. The number of hydrogen-bond donors (Lipinski definition) is 0. The van der Waals surface area contributed by atoms with E-state index in [-0.39, 0.29) is 6.10 Å². The number of rotatable bonds is 3. The van der Waals surface area contributed by atoms with Gasteiger partial charge in [0.1, 0.15) is 12.4 Å². The summed E-state index contributed by atoms with van der Waals surface area (Å²) in [5, 5.41) is 0.290. The third kappa shape index (κ3) is 3.05. The van der Waals surface area contributed by atoms with Crippen LogP contribution in [0.5, 0.6) is 11.6 Å². The van der Waals surface area contributed by atoms with Crippen molar-refractivity contribution in [2.45, 2.75) is 45.6 Å². The van der Waals surface area contributed by atoms with Gasteiger partial charge in [0.2, 0.25) is 5.75 Å². The van der Waals surface area contributed by atoms with Crippen molar-refractivity contribution >= 4 is 11.6 Å². The lowest BCUT2D eigenvalue weighted by molar-refractivity contribution is 0.0918. The maximum absolute atomic E-state index is 5.94. The first-order valence-electron chi connectivity index (χ1n) is 6.23. The third-order valence-electron chi connectivity index (χ3n) is 3.50. The Bertz CT molecular complexity index is 413. The maximum Gasteiger partial charge on any atom is 0.262 e. The smallest absolute Gasteiger partial charge is 0.262 e. The molecule has 100 valence electrons. The standard InChI is InChI=1S/C13H19ClN2O2/c1-13(2)6-4-9(5-7-13)18-12-10(17-3)11(14)15-8-16-12/h8-9H,4-7H2,1-3H3. The molecule has 1 fully saturated rings. The van der Waals surface area contributed by atoms with E-state index in [0.29, 0.717) is 22.2 Å². The molecule has 0 N–H and O–H groups in total. The average Bonchev–Trinajstić information content (AvgIpc) is 2.32. The molecule has 0 atom stereocenters. The van der Waals surface area contributed by atoms with Gasteiger partial charge in [-0.25, -0.2) is 4.98 Å². The molecule has 1 aliphatic carbocycles. The molecular weight excluding hydrogens is 252 g/mol. The summed E-state index contributed by atoms with van der Waals surface area (Å²) in [5.74, 6) is 0.867. The van der Waals surface area contributed by atoms with Gasteiger partial charge in [0.15, 0.2) is 5.15 Å². The van der Waals surface area contributed by atoms with Crippen molar-refractivity contribution in [2.75, 3.05) is 7.11 Å². The van der Waals surface area contributed by atoms with Crippen LogP contribution in [0.3, 0.4) is 0 Å². The summed E-state index contributed by atoms with van der Waals surface area (Å²) < 4.78 is 11.1. The zero-order valence-corrected chi connectivity index (χ0v) is 11.8. The molecule has 5 heteroatoms. The van der Waals surface area contributed by atoms with E-state index in [0.717, 1.165) is 12.8 Å². The van der Waals surface area contributed by atoms with Crippen LogP contribution < -0.4 is 9.47 Å². The summed E-state index contributed by atoms with van der Waals surface area (Å²) >= 11 is 5.94. The molecular formula is C13H19ClN2O2. The van der Waals surface area contributed by atoms with Crippen molar-refractivity contribution in [1.29, 1.82) is 0 Å². The van der Waals surface area contributed by atoms with Gasteiger partial charge < -0.3 is 9.47 Å². The number of methoxy groups -OCH3 is 1. The van der Waals surface area contributed by atoms with Gasteiger partial charge in [-0.05, 0) is 31.1 Å². The quantitative estimate of drug-likeness (QED) is 0.789. The van der Waals surface area contributed by atoms with Crippen molar-refractivity contribution in [1.82, 2.24) is 9.97 Å². The Morgan fingerprint density at radius 3 is 2.56 bits per heavy atom. The fourth-order valence-electron chi connectivity index (χ4n) is 2.24. The van der Waals surface area contributed by atoms with E-state index in [1.165, 1.54) is 19.2 Å². The highest BCUT2D eigenvalue weighted by molar-refractivity contribution is 6.31. The van der Waals surface area contributed by atoms with Gasteiger partial charge >= 0.3 is 0 Å². The number of halogens is 1. The summed E-state index contributed by atoms with van der Waals surface area (Å²) in [7, 11) is 1.54. The minimum Gasteiger partial charge on any atom is -0.489 e. The summed E-state index contributed by atoms with van der Waals surface area (Å²) in [6.07, 6.45) is 6.00. The molecule has 0 unspecified atom stereocenters. The van der Waals surface area contributed by atoms with Gasteiger partial charge in [0, 0.05) is 0 Å². The SMILES string of the molecule is COc1c(Cl)ncnc1OC1CCC(C)(C)CC1. The second kappa shape index (κ2) is 5.31. The molecule has 0 bridgehead atoms. The topological polar surface area (TPSA) is 44.2 Å². The van der Waals surface area contributed by atoms with E-state index >= 15 is 0 Å². The van der Waals surface area contributed by atoms with Gasteiger partial charge in [-0.15, -0.1) is 0 Å². The van der Waals surface area contributed by atoms with Crippen LogP contribution in [0.15, 0.2) is 6.33 Å². The Hall–Kier alpha value is -1.03. The lowest BCUT2D eigenvalue weighted by atomic mass is 9.76. The van der Waals surface area contributed by atoms with Crippen LogP contribution in [0.2, 0.25) is 5.15 Å².